The molecule has 0 saturated heterocycles. The third-order valence-electron chi connectivity index (χ3n) is 1.71. The van der Waals surface area contributed by atoms with Crippen molar-refractivity contribution in [3.8, 4) is 0 Å². The van der Waals surface area contributed by atoms with E-state index in [2.05, 4.69) is 0 Å². The molecular weight excluding hydrogens is 174 g/mol. The number of carbonyl (C=O) groups is 2. The van der Waals surface area contributed by atoms with Crippen LogP contribution in [0.3, 0.4) is 0 Å². The number of amides is 1. The van der Waals surface area contributed by atoms with E-state index in [1.54, 1.807) is 20.8 Å². The molecule has 0 aromatic carbocycles. The van der Waals surface area contributed by atoms with Gasteiger partial charge in [0, 0.05) is 6.42 Å². The van der Waals surface area contributed by atoms with Crippen LogP contribution >= 0.6 is 0 Å². The molecule has 13 heavy (non-hydrogen) atoms. The average molecular weight is 189 g/mol. The SMILES string of the molecule is CCC(=O)N(O)C(C(=O)O)C(C)C. The molecule has 0 radical (unpaired) electrons. The van der Waals surface area contributed by atoms with Crippen molar-refractivity contribution in [2.45, 2.75) is 33.2 Å². The second-order valence-corrected chi connectivity index (χ2v) is 3.12. The highest BCUT2D eigenvalue weighted by atomic mass is 16.5. The molecule has 0 saturated carbocycles. The molecule has 1 atom stereocenters. The van der Waals surface area contributed by atoms with Gasteiger partial charge in [-0.1, -0.05) is 20.8 Å². The van der Waals surface area contributed by atoms with Crippen LogP contribution in [0.4, 0.5) is 0 Å². The summed E-state index contributed by atoms with van der Waals surface area (Å²) in [4.78, 5) is 21.6. The minimum absolute atomic E-state index is 0.0903. The molecule has 0 aliphatic carbocycles. The molecule has 0 aliphatic rings. The van der Waals surface area contributed by atoms with Crippen LogP contribution in [0.15, 0.2) is 0 Å². The predicted molar refractivity (Wildman–Crippen MR) is 45.2 cm³/mol. The van der Waals surface area contributed by atoms with E-state index in [1.807, 2.05) is 0 Å². The number of carboxylic acids is 1. The molecule has 5 nitrogen and oxygen atoms in total. The minimum Gasteiger partial charge on any atom is -0.480 e. The molecule has 1 amide bonds. The maximum atomic E-state index is 11.0. The van der Waals surface area contributed by atoms with Gasteiger partial charge >= 0.3 is 5.97 Å². The molecule has 0 aromatic heterocycles. The summed E-state index contributed by atoms with van der Waals surface area (Å²) in [7, 11) is 0. The molecule has 0 rings (SSSR count). The van der Waals surface area contributed by atoms with Crippen LogP contribution in [0.5, 0.6) is 0 Å². The maximum Gasteiger partial charge on any atom is 0.329 e. The van der Waals surface area contributed by atoms with Crippen molar-refractivity contribution < 1.29 is 19.9 Å². The Hall–Kier alpha value is -1.10. The standard InChI is InChI=1S/C8H15NO4/c1-4-6(10)9(13)7(5(2)3)8(11)12/h5,7,13H,4H2,1-3H3,(H,11,12). The zero-order chi connectivity index (χ0) is 10.6. The summed E-state index contributed by atoms with van der Waals surface area (Å²) in [5.74, 6) is -2.10. The molecule has 0 heterocycles. The van der Waals surface area contributed by atoms with E-state index in [9.17, 15) is 14.8 Å². The maximum absolute atomic E-state index is 11.0. The summed E-state index contributed by atoms with van der Waals surface area (Å²) in [6.45, 7) is 4.82. The number of rotatable bonds is 4. The van der Waals surface area contributed by atoms with Crippen LogP contribution in [0.2, 0.25) is 0 Å². The highest BCUT2D eigenvalue weighted by molar-refractivity contribution is 5.82. The Labute approximate surface area is 76.9 Å². The molecule has 5 heteroatoms. The Balaban J connectivity index is 4.55. The molecule has 2 N–H and O–H groups in total. The smallest absolute Gasteiger partial charge is 0.329 e. The summed E-state index contributed by atoms with van der Waals surface area (Å²) < 4.78 is 0. The fourth-order valence-electron chi connectivity index (χ4n) is 0.989. The lowest BCUT2D eigenvalue weighted by molar-refractivity contribution is -0.189. The predicted octanol–water partition coefficient (Wildman–Crippen LogP) is 0.723. The number of nitrogens with zero attached hydrogens (tertiary/aromatic N) is 1. The van der Waals surface area contributed by atoms with Gasteiger partial charge in [0.05, 0.1) is 0 Å². The molecule has 0 spiro atoms. The normalized spacial score (nSPS) is 12.7. The number of hydrogen-bond acceptors (Lipinski definition) is 3. The van der Waals surface area contributed by atoms with E-state index in [0.29, 0.717) is 5.06 Å². The first-order chi connectivity index (χ1) is 5.91. The van der Waals surface area contributed by atoms with Gasteiger partial charge in [-0.05, 0) is 5.92 Å². The quantitative estimate of drug-likeness (QED) is 0.504. The van der Waals surface area contributed by atoms with E-state index in [4.69, 9.17) is 5.11 Å². The lowest BCUT2D eigenvalue weighted by atomic mass is 10.0. The molecule has 76 valence electrons. The number of carboxylic acid groups (broad SMARTS) is 1. The van der Waals surface area contributed by atoms with Crippen LogP contribution in [0, 0.1) is 5.92 Å². The highest BCUT2D eigenvalue weighted by Crippen LogP contribution is 2.10. The highest BCUT2D eigenvalue weighted by Gasteiger charge is 2.30. The zero-order valence-electron chi connectivity index (χ0n) is 8.02. The number of hydroxylamine groups is 2. The summed E-state index contributed by atoms with van der Waals surface area (Å²) in [5.41, 5.74) is 0. The van der Waals surface area contributed by atoms with Gasteiger partial charge in [0.2, 0.25) is 5.91 Å². The number of hydrogen-bond donors (Lipinski definition) is 2. The first kappa shape index (κ1) is 11.9. The van der Waals surface area contributed by atoms with Gasteiger partial charge < -0.3 is 5.11 Å². The van der Waals surface area contributed by atoms with Gasteiger partial charge in [-0.25, -0.2) is 9.86 Å². The minimum atomic E-state index is -1.20. The van der Waals surface area contributed by atoms with Crippen LogP contribution < -0.4 is 0 Å². The second-order valence-electron chi connectivity index (χ2n) is 3.12. The van der Waals surface area contributed by atoms with Crippen LogP contribution in [-0.2, 0) is 9.59 Å². The Morgan fingerprint density at radius 2 is 1.85 bits per heavy atom. The average Bonchev–Trinajstić information content (AvgIpc) is 2.01. The van der Waals surface area contributed by atoms with Crippen LogP contribution in [0.1, 0.15) is 27.2 Å². The van der Waals surface area contributed by atoms with Crippen molar-refractivity contribution in [2.24, 2.45) is 5.92 Å². The first-order valence-electron chi connectivity index (χ1n) is 4.15. The Kier molecular flexibility index (Phi) is 4.40. The van der Waals surface area contributed by atoms with Crippen molar-refractivity contribution in [3.63, 3.8) is 0 Å². The molecule has 0 fully saturated rings. The van der Waals surface area contributed by atoms with Gasteiger partial charge in [-0.3, -0.25) is 10.0 Å². The van der Waals surface area contributed by atoms with E-state index in [0.717, 1.165) is 0 Å². The second kappa shape index (κ2) is 4.81. The first-order valence-corrected chi connectivity index (χ1v) is 4.15. The lowest BCUT2D eigenvalue weighted by Crippen LogP contribution is -2.45. The largest absolute Gasteiger partial charge is 0.480 e. The molecule has 0 bridgehead atoms. The van der Waals surface area contributed by atoms with Gasteiger partial charge in [0.15, 0.2) is 6.04 Å². The monoisotopic (exact) mass is 189 g/mol. The Morgan fingerprint density at radius 3 is 2.08 bits per heavy atom. The number of carbonyl (C=O) groups excluding carboxylic acids is 1. The van der Waals surface area contributed by atoms with Crippen molar-refractivity contribution in [1.29, 1.82) is 0 Å². The van der Waals surface area contributed by atoms with Crippen LogP contribution in [0.25, 0.3) is 0 Å². The van der Waals surface area contributed by atoms with Crippen molar-refractivity contribution in [2.75, 3.05) is 0 Å². The lowest BCUT2D eigenvalue weighted by Gasteiger charge is -2.24. The van der Waals surface area contributed by atoms with Gasteiger partial charge in [0.25, 0.3) is 0 Å². The van der Waals surface area contributed by atoms with Crippen molar-refractivity contribution in [1.82, 2.24) is 5.06 Å². The van der Waals surface area contributed by atoms with Crippen molar-refractivity contribution >= 4 is 11.9 Å². The fraction of sp³-hybridized carbons (Fsp3) is 0.750. The summed E-state index contributed by atoms with van der Waals surface area (Å²) >= 11 is 0. The summed E-state index contributed by atoms with van der Waals surface area (Å²) in [5, 5.41) is 18.2. The van der Waals surface area contributed by atoms with E-state index >= 15 is 0 Å². The van der Waals surface area contributed by atoms with Crippen molar-refractivity contribution in [3.05, 3.63) is 0 Å². The summed E-state index contributed by atoms with van der Waals surface area (Å²) in [6, 6.07) is -1.16. The Morgan fingerprint density at radius 1 is 1.38 bits per heavy atom. The van der Waals surface area contributed by atoms with E-state index in [-0.39, 0.29) is 12.3 Å². The van der Waals surface area contributed by atoms with E-state index in [1.165, 1.54) is 0 Å². The molecular formula is C8H15NO4. The van der Waals surface area contributed by atoms with Gasteiger partial charge in [0.1, 0.15) is 0 Å². The molecule has 0 aliphatic heterocycles. The molecule has 0 aromatic rings. The Bertz CT molecular complexity index is 202. The molecule has 1 unspecified atom stereocenters. The zero-order valence-corrected chi connectivity index (χ0v) is 8.02. The number of aliphatic carboxylic acids is 1. The third kappa shape index (κ3) is 3.02. The topological polar surface area (TPSA) is 77.8 Å². The van der Waals surface area contributed by atoms with Gasteiger partial charge in [-0.15, -0.1) is 0 Å². The summed E-state index contributed by atoms with van der Waals surface area (Å²) in [6.07, 6.45) is 0.0903. The fourth-order valence-corrected chi connectivity index (χ4v) is 0.989. The van der Waals surface area contributed by atoms with E-state index < -0.39 is 17.9 Å². The van der Waals surface area contributed by atoms with Gasteiger partial charge in [-0.2, -0.15) is 0 Å². The third-order valence-corrected chi connectivity index (χ3v) is 1.71. The van der Waals surface area contributed by atoms with Crippen LogP contribution in [-0.4, -0.2) is 33.3 Å².